The van der Waals surface area contributed by atoms with Gasteiger partial charge >= 0.3 is 0 Å². The number of allylic oxidation sites excluding steroid dienone is 1. The zero-order chi connectivity index (χ0) is 11.8. The fraction of sp³-hybridized carbons (Fsp3) is 0.500. The fourth-order valence-electron chi connectivity index (χ4n) is 1.76. The second-order valence-corrected chi connectivity index (χ2v) is 4.45. The lowest BCUT2D eigenvalue weighted by atomic mass is 10.0. The maximum Gasteiger partial charge on any atom is -0.0146 e. The zero-order valence-corrected chi connectivity index (χ0v) is 10.8. The molecule has 0 nitrogen and oxygen atoms in total. The van der Waals surface area contributed by atoms with Gasteiger partial charge in [-0.05, 0) is 49.5 Å². The summed E-state index contributed by atoms with van der Waals surface area (Å²) in [4.78, 5) is 0. The molecule has 0 bridgehead atoms. The van der Waals surface area contributed by atoms with Gasteiger partial charge in [-0.1, -0.05) is 50.5 Å². The van der Waals surface area contributed by atoms with E-state index in [1.165, 1.54) is 42.4 Å². The van der Waals surface area contributed by atoms with Crippen molar-refractivity contribution < 1.29 is 0 Å². The van der Waals surface area contributed by atoms with Crippen LogP contribution in [0, 0.1) is 19.9 Å². The van der Waals surface area contributed by atoms with Gasteiger partial charge in [0.25, 0.3) is 0 Å². The molecule has 0 heterocycles. The summed E-state index contributed by atoms with van der Waals surface area (Å²) < 4.78 is 0. The van der Waals surface area contributed by atoms with Gasteiger partial charge in [0.05, 0.1) is 0 Å². The predicted molar refractivity (Wildman–Crippen MR) is 71.6 cm³/mol. The predicted octanol–water partition coefficient (Wildman–Crippen LogP) is 4.98. The van der Waals surface area contributed by atoms with E-state index in [1.807, 2.05) is 0 Å². The third-order valence-corrected chi connectivity index (χ3v) is 3.06. The Hall–Kier alpha value is -1.04. The third-order valence-electron chi connectivity index (χ3n) is 3.06. The monoisotopic (exact) mass is 215 g/mol. The Morgan fingerprint density at radius 3 is 2.69 bits per heavy atom. The summed E-state index contributed by atoms with van der Waals surface area (Å²) in [5.74, 6) is 0. The van der Waals surface area contributed by atoms with Crippen LogP contribution in [-0.4, -0.2) is 0 Å². The molecule has 16 heavy (non-hydrogen) atoms. The second kappa shape index (κ2) is 7.27. The fourth-order valence-corrected chi connectivity index (χ4v) is 1.76. The van der Waals surface area contributed by atoms with Crippen LogP contribution < -0.4 is 0 Å². The maximum atomic E-state index is 3.41. The van der Waals surface area contributed by atoms with Crippen LogP contribution in [0.15, 0.2) is 24.3 Å². The molecule has 0 aliphatic carbocycles. The largest absolute Gasteiger partial charge is 0.0760 e. The third kappa shape index (κ3) is 4.22. The second-order valence-electron chi connectivity index (χ2n) is 4.45. The topological polar surface area (TPSA) is 0 Å². The van der Waals surface area contributed by atoms with Crippen molar-refractivity contribution in [1.82, 2.24) is 0 Å². The molecule has 0 unspecified atom stereocenters. The van der Waals surface area contributed by atoms with Gasteiger partial charge in [0.1, 0.15) is 0 Å². The molecule has 0 aliphatic rings. The minimum atomic E-state index is 1.16. The lowest BCUT2D eigenvalue weighted by molar-refractivity contribution is 0.674. The Kier molecular flexibility index (Phi) is 5.92. The van der Waals surface area contributed by atoms with Gasteiger partial charge in [0.2, 0.25) is 0 Å². The molecule has 0 saturated carbocycles. The van der Waals surface area contributed by atoms with Crippen LogP contribution in [-0.2, 0) is 0 Å². The molecule has 0 N–H and O–H groups in total. The van der Waals surface area contributed by atoms with Gasteiger partial charge in [0.15, 0.2) is 0 Å². The summed E-state index contributed by atoms with van der Waals surface area (Å²) >= 11 is 0. The standard InChI is InChI=1S/C16H23/c1-4-5-6-7-8-9-12-16-13-10-11-14(2)15(16)3/h9-11,13H,4-8H2,1-3H3. The van der Waals surface area contributed by atoms with E-state index in [1.54, 1.807) is 0 Å². The number of benzene rings is 1. The number of hydrogen-bond donors (Lipinski definition) is 0. The number of rotatable bonds is 6. The molecule has 0 saturated heterocycles. The van der Waals surface area contributed by atoms with E-state index in [0.29, 0.717) is 0 Å². The van der Waals surface area contributed by atoms with E-state index in [0.717, 1.165) is 6.42 Å². The summed E-state index contributed by atoms with van der Waals surface area (Å²) in [5, 5.41) is 0. The Morgan fingerprint density at radius 1 is 1.12 bits per heavy atom. The molecule has 0 fully saturated rings. The average Bonchev–Trinajstić information content (AvgIpc) is 2.29. The van der Waals surface area contributed by atoms with Crippen LogP contribution in [0.1, 0.15) is 55.7 Å². The highest BCUT2D eigenvalue weighted by Crippen LogP contribution is 2.13. The maximum absolute atomic E-state index is 3.41. The first-order valence-corrected chi connectivity index (χ1v) is 6.40. The highest BCUT2D eigenvalue weighted by Gasteiger charge is 1.96. The average molecular weight is 215 g/mol. The van der Waals surface area contributed by atoms with Gasteiger partial charge in [-0.2, -0.15) is 0 Å². The first-order valence-electron chi connectivity index (χ1n) is 6.40. The molecule has 0 atom stereocenters. The molecule has 1 rings (SSSR count). The van der Waals surface area contributed by atoms with Crippen molar-refractivity contribution in [2.75, 3.05) is 0 Å². The Balaban J connectivity index is 2.41. The smallest absolute Gasteiger partial charge is 0.0146 e. The Morgan fingerprint density at radius 2 is 1.94 bits per heavy atom. The lowest BCUT2D eigenvalue weighted by Crippen LogP contribution is -1.85. The number of hydrogen-bond acceptors (Lipinski definition) is 0. The van der Waals surface area contributed by atoms with E-state index < -0.39 is 0 Å². The first-order chi connectivity index (χ1) is 7.75. The van der Waals surface area contributed by atoms with Crippen molar-refractivity contribution >= 4 is 0 Å². The lowest BCUT2D eigenvalue weighted by Gasteiger charge is -2.03. The van der Waals surface area contributed by atoms with Crippen molar-refractivity contribution in [2.45, 2.75) is 52.9 Å². The van der Waals surface area contributed by atoms with Crippen molar-refractivity contribution in [1.29, 1.82) is 0 Å². The molecular weight excluding hydrogens is 192 g/mol. The summed E-state index contributed by atoms with van der Waals surface area (Å²) in [7, 11) is 0. The molecule has 0 spiro atoms. The van der Waals surface area contributed by atoms with Crippen LogP contribution in [0.4, 0.5) is 0 Å². The van der Waals surface area contributed by atoms with Crippen molar-refractivity contribution in [3.63, 3.8) is 0 Å². The minimum Gasteiger partial charge on any atom is -0.0760 e. The first kappa shape index (κ1) is 13.0. The van der Waals surface area contributed by atoms with E-state index in [9.17, 15) is 0 Å². The number of aryl methyl sites for hydroxylation is 1. The van der Waals surface area contributed by atoms with Gasteiger partial charge in [0, 0.05) is 0 Å². The molecule has 1 radical (unpaired) electrons. The van der Waals surface area contributed by atoms with Gasteiger partial charge in [-0.25, -0.2) is 0 Å². The number of unbranched alkanes of at least 4 members (excludes halogenated alkanes) is 4. The SMILES string of the molecule is CCCCCC/C=[C]\c1cccc(C)c1C. The normalized spacial score (nSPS) is 11.2. The van der Waals surface area contributed by atoms with Crippen molar-refractivity contribution in [3.05, 3.63) is 47.0 Å². The molecule has 1 aromatic carbocycles. The summed E-state index contributed by atoms with van der Waals surface area (Å²) in [6, 6.07) is 6.40. The van der Waals surface area contributed by atoms with Crippen LogP contribution in [0.25, 0.3) is 0 Å². The van der Waals surface area contributed by atoms with Gasteiger partial charge in [-0.15, -0.1) is 0 Å². The molecule has 1 aromatic rings. The zero-order valence-electron chi connectivity index (χ0n) is 10.8. The van der Waals surface area contributed by atoms with Crippen molar-refractivity contribution in [2.24, 2.45) is 0 Å². The highest BCUT2D eigenvalue weighted by molar-refractivity contribution is 5.36. The van der Waals surface area contributed by atoms with E-state index in [2.05, 4.69) is 51.1 Å². The van der Waals surface area contributed by atoms with Crippen molar-refractivity contribution in [3.8, 4) is 0 Å². The Bertz CT molecular complexity index is 334. The van der Waals surface area contributed by atoms with Crippen LogP contribution in [0.3, 0.4) is 0 Å². The van der Waals surface area contributed by atoms with Crippen LogP contribution in [0.2, 0.25) is 0 Å². The van der Waals surface area contributed by atoms with E-state index in [-0.39, 0.29) is 0 Å². The van der Waals surface area contributed by atoms with Crippen LogP contribution in [0.5, 0.6) is 0 Å². The molecule has 0 amide bonds. The van der Waals surface area contributed by atoms with Gasteiger partial charge < -0.3 is 0 Å². The molecule has 0 aromatic heterocycles. The summed E-state index contributed by atoms with van der Waals surface area (Å²) in [5.41, 5.74) is 3.95. The molecule has 0 aliphatic heterocycles. The summed E-state index contributed by atoms with van der Waals surface area (Å²) in [6.45, 7) is 6.57. The molecule has 87 valence electrons. The van der Waals surface area contributed by atoms with E-state index >= 15 is 0 Å². The molecule has 0 heteroatoms. The van der Waals surface area contributed by atoms with E-state index in [4.69, 9.17) is 0 Å². The molecular formula is C16H23. The Labute approximate surface area is 100 Å². The quantitative estimate of drug-likeness (QED) is 0.587. The van der Waals surface area contributed by atoms with Gasteiger partial charge in [-0.3, -0.25) is 0 Å². The highest BCUT2D eigenvalue weighted by atomic mass is 14.0. The van der Waals surface area contributed by atoms with Crippen LogP contribution >= 0.6 is 0 Å². The summed E-state index contributed by atoms with van der Waals surface area (Å²) in [6.07, 6.45) is 12.1. The minimum absolute atomic E-state index is 1.16.